The molecule has 1 aliphatic rings. The number of hydrogen-bond donors (Lipinski definition) is 2. The molecule has 2 amide bonds. The zero-order chi connectivity index (χ0) is 17.5. The minimum Gasteiger partial charge on any atom is -0.450 e. The van der Waals surface area contributed by atoms with Gasteiger partial charge in [0.05, 0.1) is 6.61 Å². The predicted octanol–water partition coefficient (Wildman–Crippen LogP) is 1.65. The Balaban J connectivity index is 1.86. The quantitative estimate of drug-likeness (QED) is 0.849. The number of ether oxygens (including phenoxy) is 1. The first kappa shape index (κ1) is 18.0. The van der Waals surface area contributed by atoms with Crippen molar-refractivity contribution in [3.05, 3.63) is 18.0 Å². The molecule has 2 N–H and O–H groups in total. The van der Waals surface area contributed by atoms with E-state index < -0.39 is 0 Å². The van der Waals surface area contributed by atoms with Crippen molar-refractivity contribution < 1.29 is 14.3 Å². The first-order valence-electron chi connectivity index (χ1n) is 8.31. The van der Waals surface area contributed by atoms with Crippen LogP contribution < -0.4 is 10.6 Å². The van der Waals surface area contributed by atoms with Gasteiger partial charge in [0.1, 0.15) is 5.69 Å². The summed E-state index contributed by atoms with van der Waals surface area (Å²) in [5.41, 5.74) is 0.334. The highest BCUT2D eigenvalue weighted by Crippen LogP contribution is 2.12. The van der Waals surface area contributed by atoms with Gasteiger partial charge in [0.25, 0.3) is 5.91 Å². The zero-order valence-corrected chi connectivity index (χ0v) is 14.4. The Labute approximate surface area is 142 Å². The van der Waals surface area contributed by atoms with Crippen molar-refractivity contribution in [2.75, 3.05) is 25.0 Å². The van der Waals surface area contributed by atoms with Crippen LogP contribution in [0.3, 0.4) is 0 Å². The SMILES string of the molecule is CCOC(=O)N1CCC(NC(=O)c2ccnc(NC(C)C)n2)CC1. The van der Waals surface area contributed by atoms with Crippen molar-refractivity contribution in [2.24, 2.45) is 0 Å². The lowest BCUT2D eigenvalue weighted by atomic mass is 10.1. The number of carbonyl (C=O) groups excluding carboxylic acids is 2. The van der Waals surface area contributed by atoms with Crippen LogP contribution in [0.25, 0.3) is 0 Å². The largest absolute Gasteiger partial charge is 0.450 e. The predicted molar refractivity (Wildman–Crippen MR) is 89.9 cm³/mol. The molecular weight excluding hydrogens is 310 g/mol. The summed E-state index contributed by atoms with van der Waals surface area (Å²) < 4.78 is 4.99. The summed E-state index contributed by atoms with van der Waals surface area (Å²) in [6.45, 7) is 7.27. The fourth-order valence-electron chi connectivity index (χ4n) is 2.49. The molecule has 1 aromatic rings. The maximum absolute atomic E-state index is 12.3. The van der Waals surface area contributed by atoms with Gasteiger partial charge in [0, 0.05) is 31.4 Å². The molecule has 0 aliphatic carbocycles. The number of likely N-dealkylation sites (tertiary alicyclic amines) is 1. The van der Waals surface area contributed by atoms with E-state index in [1.165, 1.54) is 0 Å². The second-order valence-electron chi connectivity index (χ2n) is 6.00. The summed E-state index contributed by atoms with van der Waals surface area (Å²) >= 11 is 0. The van der Waals surface area contributed by atoms with E-state index in [4.69, 9.17) is 4.74 Å². The third kappa shape index (κ3) is 5.07. The number of nitrogens with one attached hydrogen (secondary N) is 2. The first-order chi connectivity index (χ1) is 11.5. The molecule has 1 fully saturated rings. The van der Waals surface area contributed by atoms with Gasteiger partial charge in [-0.05, 0) is 39.7 Å². The molecule has 2 rings (SSSR count). The van der Waals surface area contributed by atoms with Gasteiger partial charge < -0.3 is 20.3 Å². The van der Waals surface area contributed by atoms with E-state index in [1.807, 2.05) is 13.8 Å². The van der Waals surface area contributed by atoms with Gasteiger partial charge >= 0.3 is 6.09 Å². The highest BCUT2D eigenvalue weighted by atomic mass is 16.6. The lowest BCUT2D eigenvalue weighted by Gasteiger charge is -2.31. The van der Waals surface area contributed by atoms with Gasteiger partial charge in [-0.2, -0.15) is 0 Å². The number of hydrogen-bond acceptors (Lipinski definition) is 6. The number of rotatable bonds is 5. The lowest BCUT2D eigenvalue weighted by molar-refractivity contribution is 0.0856. The molecule has 0 bridgehead atoms. The standard InChI is InChI=1S/C16H25N5O3/c1-4-24-16(23)21-9-6-12(7-10-21)19-14(22)13-5-8-17-15(20-13)18-11(2)3/h5,8,11-12H,4,6-7,9-10H2,1-3H3,(H,19,22)(H,17,18,20). The second-order valence-corrected chi connectivity index (χ2v) is 6.00. The molecular formula is C16H25N5O3. The van der Waals surface area contributed by atoms with E-state index in [0.717, 1.165) is 0 Å². The smallest absolute Gasteiger partial charge is 0.409 e. The monoisotopic (exact) mass is 335 g/mol. The second kappa shape index (κ2) is 8.47. The van der Waals surface area contributed by atoms with Crippen LogP contribution in [0.4, 0.5) is 10.7 Å². The minimum absolute atomic E-state index is 0.0275. The average Bonchev–Trinajstić information content (AvgIpc) is 2.55. The topological polar surface area (TPSA) is 96.5 Å². The summed E-state index contributed by atoms with van der Waals surface area (Å²) in [6.07, 6.45) is 2.68. The summed E-state index contributed by atoms with van der Waals surface area (Å²) in [4.78, 5) is 34.0. The average molecular weight is 335 g/mol. The molecule has 0 atom stereocenters. The normalized spacial score (nSPS) is 15.2. The molecule has 132 valence electrons. The molecule has 1 aliphatic heterocycles. The number of carbonyl (C=O) groups is 2. The minimum atomic E-state index is -0.289. The summed E-state index contributed by atoms with van der Waals surface area (Å²) in [6, 6.07) is 1.81. The Morgan fingerprint density at radius 3 is 2.71 bits per heavy atom. The van der Waals surface area contributed by atoms with Crippen LogP contribution in [-0.2, 0) is 4.74 Å². The summed E-state index contributed by atoms with van der Waals surface area (Å²) in [5.74, 6) is 0.216. The number of anilines is 1. The van der Waals surface area contributed by atoms with Crippen LogP contribution in [-0.4, -0.2) is 58.6 Å². The van der Waals surface area contributed by atoms with Gasteiger partial charge in [-0.3, -0.25) is 4.79 Å². The van der Waals surface area contributed by atoms with E-state index in [-0.39, 0.29) is 24.1 Å². The third-order valence-corrected chi connectivity index (χ3v) is 3.66. The molecule has 24 heavy (non-hydrogen) atoms. The van der Waals surface area contributed by atoms with Crippen LogP contribution in [0.15, 0.2) is 12.3 Å². The van der Waals surface area contributed by atoms with Crippen molar-refractivity contribution in [3.63, 3.8) is 0 Å². The molecule has 8 nitrogen and oxygen atoms in total. The molecule has 0 unspecified atom stereocenters. The zero-order valence-electron chi connectivity index (χ0n) is 14.4. The van der Waals surface area contributed by atoms with Gasteiger partial charge in [-0.15, -0.1) is 0 Å². The fraction of sp³-hybridized carbons (Fsp3) is 0.625. The number of aromatic nitrogens is 2. The Morgan fingerprint density at radius 1 is 1.38 bits per heavy atom. The Morgan fingerprint density at radius 2 is 2.08 bits per heavy atom. The third-order valence-electron chi connectivity index (χ3n) is 3.66. The molecule has 8 heteroatoms. The molecule has 1 aromatic heterocycles. The molecule has 1 saturated heterocycles. The van der Waals surface area contributed by atoms with Crippen LogP contribution >= 0.6 is 0 Å². The van der Waals surface area contributed by atoms with E-state index in [0.29, 0.717) is 44.2 Å². The van der Waals surface area contributed by atoms with Crippen LogP contribution in [0, 0.1) is 0 Å². The molecule has 0 saturated carbocycles. The van der Waals surface area contributed by atoms with Crippen molar-refractivity contribution in [1.29, 1.82) is 0 Å². The molecule has 0 aromatic carbocycles. The maximum atomic E-state index is 12.3. The van der Waals surface area contributed by atoms with Crippen LogP contribution in [0.5, 0.6) is 0 Å². The maximum Gasteiger partial charge on any atom is 0.409 e. The Bertz CT molecular complexity index is 571. The molecule has 2 heterocycles. The Hall–Kier alpha value is -2.38. The first-order valence-corrected chi connectivity index (χ1v) is 8.31. The highest BCUT2D eigenvalue weighted by Gasteiger charge is 2.25. The number of amides is 2. The number of piperidine rings is 1. The fourth-order valence-corrected chi connectivity index (χ4v) is 2.49. The van der Waals surface area contributed by atoms with Gasteiger partial charge in [-0.1, -0.05) is 0 Å². The van der Waals surface area contributed by atoms with Crippen LogP contribution in [0.1, 0.15) is 44.1 Å². The Kier molecular flexibility index (Phi) is 6.34. The summed E-state index contributed by atoms with van der Waals surface area (Å²) in [7, 11) is 0. The highest BCUT2D eigenvalue weighted by molar-refractivity contribution is 5.92. The number of nitrogens with zero attached hydrogens (tertiary/aromatic N) is 3. The van der Waals surface area contributed by atoms with E-state index in [2.05, 4.69) is 20.6 Å². The van der Waals surface area contributed by atoms with E-state index in [1.54, 1.807) is 24.1 Å². The van der Waals surface area contributed by atoms with Gasteiger partial charge in [0.2, 0.25) is 5.95 Å². The summed E-state index contributed by atoms with van der Waals surface area (Å²) in [5, 5.41) is 6.04. The van der Waals surface area contributed by atoms with Crippen molar-refractivity contribution >= 4 is 17.9 Å². The van der Waals surface area contributed by atoms with Crippen LogP contribution in [0.2, 0.25) is 0 Å². The molecule has 0 radical (unpaired) electrons. The van der Waals surface area contributed by atoms with Gasteiger partial charge in [-0.25, -0.2) is 14.8 Å². The van der Waals surface area contributed by atoms with Crippen molar-refractivity contribution in [2.45, 2.75) is 45.7 Å². The van der Waals surface area contributed by atoms with Crippen molar-refractivity contribution in [1.82, 2.24) is 20.2 Å². The molecule has 0 spiro atoms. The van der Waals surface area contributed by atoms with E-state index in [9.17, 15) is 9.59 Å². The van der Waals surface area contributed by atoms with Crippen molar-refractivity contribution in [3.8, 4) is 0 Å². The van der Waals surface area contributed by atoms with Gasteiger partial charge in [0.15, 0.2) is 0 Å². The lowest BCUT2D eigenvalue weighted by Crippen LogP contribution is -2.46. The van der Waals surface area contributed by atoms with E-state index >= 15 is 0 Å².